The van der Waals surface area contributed by atoms with Gasteiger partial charge in [0.25, 0.3) is 0 Å². The molecule has 0 aromatic heterocycles. The highest BCUT2D eigenvalue weighted by molar-refractivity contribution is 5.76. The van der Waals surface area contributed by atoms with Gasteiger partial charge in [0.2, 0.25) is 5.91 Å². The number of hydrogen-bond acceptors (Lipinski definition) is 2. The summed E-state index contributed by atoms with van der Waals surface area (Å²) in [5.74, 6) is 0.355. The van der Waals surface area contributed by atoms with Crippen molar-refractivity contribution in [1.29, 1.82) is 0 Å². The molecule has 0 fully saturated rings. The summed E-state index contributed by atoms with van der Waals surface area (Å²) in [6, 6.07) is 0. The standard InChI is InChI=1S/C26H53NO2/c1-3-5-7-9-11-13-14-16-18-20-22-25(23-27-26(29)24-28)21-19-17-15-12-10-8-6-4-2/h25,28H,3-24H2,1-2H3,(H,27,29). The Balaban J connectivity index is 3.75. The number of nitrogens with one attached hydrogen (secondary N) is 1. The lowest BCUT2D eigenvalue weighted by atomic mass is 9.94. The topological polar surface area (TPSA) is 49.3 Å². The van der Waals surface area contributed by atoms with E-state index < -0.39 is 0 Å². The Labute approximate surface area is 182 Å². The van der Waals surface area contributed by atoms with Crippen LogP contribution in [-0.2, 0) is 4.79 Å². The summed E-state index contributed by atoms with van der Waals surface area (Å²) in [4.78, 5) is 11.4. The van der Waals surface area contributed by atoms with Gasteiger partial charge >= 0.3 is 0 Å². The molecule has 0 radical (unpaired) electrons. The van der Waals surface area contributed by atoms with Gasteiger partial charge in [-0.2, -0.15) is 0 Å². The Bertz CT molecular complexity index is 333. The molecule has 0 saturated carbocycles. The highest BCUT2D eigenvalue weighted by Gasteiger charge is 2.10. The van der Waals surface area contributed by atoms with Crippen LogP contribution in [0.4, 0.5) is 0 Å². The van der Waals surface area contributed by atoms with Crippen molar-refractivity contribution in [2.24, 2.45) is 5.92 Å². The first-order chi connectivity index (χ1) is 14.2. The molecule has 1 atom stereocenters. The van der Waals surface area contributed by atoms with Gasteiger partial charge in [-0.3, -0.25) is 4.79 Å². The van der Waals surface area contributed by atoms with E-state index in [1.54, 1.807) is 0 Å². The lowest BCUT2D eigenvalue weighted by Gasteiger charge is -2.17. The molecule has 3 heteroatoms. The third kappa shape index (κ3) is 21.9. The number of carbonyl (C=O) groups is 1. The van der Waals surface area contributed by atoms with Crippen LogP contribution in [0.3, 0.4) is 0 Å². The predicted molar refractivity (Wildman–Crippen MR) is 127 cm³/mol. The van der Waals surface area contributed by atoms with Gasteiger partial charge in [0.15, 0.2) is 0 Å². The van der Waals surface area contributed by atoms with Crippen LogP contribution < -0.4 is 5.32 Å². The summed E-state index contributed by atoms with van der Waals surface area (Å²) >= 11 is 0. The van der Waals surface area contributed by atoms with E-state index in [1.807, 2.05) is 0 Å². The minimum Gasteiger partial charge on any atom is -0.387 e. The molecule has 0 aliphatic rings. The van der Waals surface area contributed by atoms with Gasteiger partial charge < -0.3 is 10.4 Å². The summed E-state index contributed by atoms with van der Waals surface area (Å²) in [5, 5.41) is 11.8. The SMILES string of the molecule is CCCCCCCCCCCCC(CCCCCCCCCC)CNC(=O)CO. The zero-order chi connectivity index (χ0) is 21.4. The molecule has 0 aliphatic heterocycles. The molecular weight excluding hydrogens is 358 g/mol. The number of unbranched alkanes of at least 4 members (excludes halogenated alkanes) is 16. The molecule has 0 bridgehead atoms. The minimum atomic E-state index is -0.386. The fraction of sp³-hybridized carbons (Fsp3) is 0.962. The summed E-state index contributed by atoms with van der Waals surface area (Å²) in [6.45, 7) is 4.90. The summed E-state index contributed by atoms with van der Waals surface area (Å²) in [7, 11) is 0. The van der Waals surface area contributed by atoms with Crippen LogP contribution in [0.5, 0.6) is 0 Å². The average Bonchev–Trinajstić information content (AvgIpc) is 2.74. The second-order valence-electron chi connectivity index (χ2n) is 9.06. The van der Waals surface area contributed by atoms with Gasteiger partial charge in [0, 0.05) is 6.54 Å². The number of hydrogen-bond donors (Lipinski definition) is 2. The number of aliphatic hydroxyl groups is 1. The van der Waals surface area contributed by atoms with Gasteiger partial charge in [-0.05, 0) is 18.8 Å². The first kappa shape index (κ1) is 28.4. The van der Waals surface area contributed by atoms with E-state index in [0.717, 1.165) is 6.54 Å². The van der Waals surface area contributed by atoms with Gasteiger partial charge in [-0.25, -0.2) is 0 Å². The Morgan fingerprint density at radius 2 is 0.966 bits per heavy atom. The molecular formula is C26H53NO2. The normalized spacial score (nSPS) is 12.2. The van der Waals surface area contributed by atoms with Crippen molar-refractivity contribution in [3.05, 3.63) is 0 Å². The lowest BCUT2D eigenvalue weighted by Crippen LogP contribution is -2.31. The molecule has 29 heavy (non-hydrogen) atoms. The van der Waals surface area contributed by atoms with Crippen molar-refractivity contribution in [3.8, 4) is 0 Å². The molecule has 174 valence electrons. The van der Waals surface area contributed by atoms with Crippen molar-refractivity contribution in [2.75, 3.05) is 13.2 Å². The summed E-state index contributed by atoms with van der Waals surface area (Å²) in [5.41, 5.74) is 0. The minimum absolute atomic E-state index is 0.228. The maximum absolute atomic E-state index is 11.4. The third-order valence-corrected chi connectivity index (χ3v) is 6.16. The Morgan fingerprint density at radius 3 is 1.31 bits per heavy atom. The Morgan fingerprint density at radius 1 is 0.621 bits per heavy atom. The fourth-order valence-corrected chi connectivity index (χ4v) is 4.15. The highest BCUT2D eigenvalue weighted by Crippen LogP contribution is 2.19. The van der Waals surface area contributed by atoms with Crippen LogP contribution in [0.2, 0.25) is 0 Å². The second-order valence-corrected chi connectivity index (χ2v) is 9.06. The monoisotopic (exact) mass is 411 g/mol. The molecule has 0 heterocycles. The zero-order valence-corrected chi connectivity index (χ0v) is 20.0. The van der Waals surface area contributed by atoms with Crippen LogP contribution >= 0.6 is 0 Å². The molecule has 3 nitrogen and oxygen atoms in total. The summed E-state index contributed by atoms with van der Waals surface area (Å²) < 4.78 is 0. The van der Waals surface area contributed by atoms with E-state index >= 15 is 0 Å². The maximum atomic E-state index is 11.4. The van der Waals surface area contributed by atoms with Gasteiger partial charge in [0.05, 0.1) is 0 Å². The molecule has 0 aromatic rings. The van der Waals surface area contributed by atoms with Crippen molar-refractivity contribution in [2.45, 2.75) is 142 Å². The molecule has 0 aliphatic carbocycles. The number of aliphatic hydroxyl groups excluding tert-OH is 1. The van der Waals surface area contributed by atoms with E-state index in [1.165, 1.54) is 128 Å². The van der Waals surface area contributed by atoms with Crippen LogP contribution in [0.15, 0.2) is 0 Å². The van der Waals surface area contributed by atoms with Crippen molar-refractivity contribution in [3.63, 3.8) is 0 Å². The Kier molecular flexibility index (Phi) is 23.2. The van der Waals surface area contributed by atoms with Crippen LogP contribution in [0.25, 0.3) is 0 Å². The predicted octanol–water partition coefficient (Wildman–Crippen LogP) is 7.55. The van der Waals surface area contributed by atoms with Gasteiger partial charge in [-0.15, -0.1) is 0 Å². The number of rotatable bonds is 23. The maximum Gasteiger partial charge on any atom is 0.245 e. The molecule has 0 saturated heterocycles. The number of carbonyl (C=O) groups excluding carboxylic acids is 1. The van der Waals surface area contributed by atoms with Crippen LogP contribution in [-0.4, -0.2) is 24.2 Å². The van der Waals surface area contributed by atoms with E-state index in [0.29, 0.717) is 5.92 Å². The number of amides is 1. The molecule has 2 N–H and O–H groups in total. The first-order valence-electron chi connectivity index (χ1n) is 13.1. The van der Waals surface area contributed by atoms with E-state index in [2.05, 4.69) is 19.2 Å². The lowest BCUT2D eigenvalue weighted by molar-refractivity contribution is -0.124. The first-order valence-corrected chi connectivity index (χ1v) is 13.1. The fourth-order valence-electron chi connectivity index (χ4n) is 4.15. The van der Waals surface area contributed by atoms with Crippen molar-refractivity contribution < 1.29 is 9.90 Å². The summed E-state index contributed by atoms with van der Waals surface area (Å²) in [6.07, 6.45) is 27.0. The van der Waals surface area contributed by atoms with Crippen LogP contribution in [0, 0.1) is 5.92 Å². The van der Waals surface area contributed by atoms with Gasteiger partial charge in [-0.1, -0.05) is 129 Å². The molecule has 1 amide bonds. The largest absolute Gasteiger partial charge is 0.387 e. The molecule has 0 spiro atoms. The highest BCUT2D eigenvalue weighted by atomic mass is 16.3. The van der Waals surface area contributed by atoms with E-state index in [4.69, 9.17) is 5.11 Å². The van der Waals surface area contributed by atoms with E-state index in [-0.39, 0.29) is 12.5 Å². The smallest absolute Gasteiger partial charge is 0.245 e. The zero-order valence-electron chi connectivity index (χ0n) is 20.0. The van der Waals surface area contributed by atoms with E-state index in [9.17, 15) is 4.79 Å². The van der Waals surface area contributed by atoms with Crippen LogP contribution in [0.1, 0.15) is 142 Å². The molecule has 0 rings (SSSR count). The van der Waals surface area contributed by atoms with Crippen molar-refractivity contribution in [1.82, 2.24) is 5.32 Å². The molecule has 0 aromatic carbocycles. The second kappa shape index (κ2) is 23.7. The van der Waals surface area contributed by atoms with Gasteiger partial charge in [0.1, 0.15) is 6.61 Å². The third-order valence-electron chi connectivity index (χ3n) is 6.16. The average molecular weight is 412 g/mol. The quantitative estimate of drug-likeness (QED) is 0.170. The molecule has 1 unspecified atom stereocenters. The van der Waals surface area contributed by atoms with Crippen molar-refractivity contribution >= 4 is 5.91 Å². The Hall–Kier alpha value is -0.570.